The number of hydrogen-bond donors (Lipinski definition) is 2. The number of aromatic amines is 1. The highest BCUT2D eigenvalue weighted by Crippen LogP contribution is 2.14. The Bertz CT molecular complexity index is 577. The average molecular weight is 272 g/mol. The number of carbonyl (C=O) groups excluding carboxylic acids is 1. The number of aromatic nitrogens is 2. The molecule has 2 aromatic rings. The zero-order valence-corrected chi connectivity index (χ0v) is 11.9. The molecule has 20 heavy (non-hydrogen) atoms. The number of benzene rings is 1. The number of anilines is 1. The van der Waals surface area contributed by atoms with Gasteiger partial charge in [0.1, 0.15) is 0 Å². The highest BCUT2D eigenvalue weighted by molar-refractivity contribution is 5.97. The molecule has 1 amide bonds. The van der Waals surface area contributed by atoms with Crippen LogP contribution in [0.25, 0.3) is 0 Å². The highest BCUT2D eigenvalue weighted by atomic mass is 16.2. The Balaban J connectivity index is 1.87. The minimum atomic E-state index is -0.139. The van der Waals surface area contributed by atoms with Crippen molar-refractivity contribution in [1.29, 1.82) is 0 Å². The first-order chi connectivity index (χ1) is 9.59. The van der Waals surface area contributed by atoms with Crippen LogP contribution in [0.4, 0.5) is 5.69 Å². The molecule has 0 bridgehead atoms. The fourth-order valence-electron chi connectivity index (χ4n) is 2.05. The fourth-order valence-corrected chi connectivity index (χ4v) is 2.05. The first-order valence-electron chi connectivity index (χ1n) is 6.69. The van der Waals surface area contributed by atoms with Gasteiger partial charge in [-0.1, -0.05) is 30.3 Å². The summed E-state index contributed by atoms with van der Waals surface area (Å²) in [5, 5.41) is 6.69. The SMILES string of the molecule is Cc1[nH]nc(C(=O)N(C)CCCc2ccccc2)c1N. The topological polar surface area (TPSA) is 75.0 Å². The van der Waals surface area contributed by atoms with E-state index in [-0.39, 0.29) is 5.91 Å². The summed E-state index contributed by atoms with van der Waals surface area (Å²) in [5.41, 5.74) is 8.57. The lowest BCUT2D eigenvalue weighted by atomic mass is 10.1. The molecule has 5 nitrogen and oxygen atoms in total. The summed E-state index contributed by atoms with van der Waals surface area (Å²) in [6.07, 6.45) is 1.86. The molecule has 0 aliphatic carbocycles. The van der Waals surface area contributed by atoms with Crippen LogP contribution in [0, 0.1) is 6.92 Å². The lowest BCUT2D eigenvalue weighted by molar-refractivity contribution is 0.0789. The van der Waals surface area contributed by atoms with Gasteiger partial charge in [0.05, 0.1) is 11.4 Å². The summed E-state index contributed by atoms with van der Waals surface area (Å²) in [7, 11) is 1.77. The Morgan fingerprint density at radius 2 is 2.05 bits per heavy atom. The third-order valence-electron chi connectivity index (χ3n) is 3.35. The molecule has 0 atom stereocenters. The maximum atomic E-state index is 12.2. The van der Waals surface area contributed by atoms with E-state index >= 15 is 0 Å². The van der Waals surface area contributed by atoms with Gasteiger partial charge in [-0.25, -0.2) is 0 Å². The number of amides is 1. The molecule has 1 aromatic heterocycles. The summed E-state index contributed by atoms with van der Waals surface area (Å²) in [5.74, 6) is -0.139. The quantitative estimate of drug-likeness (QED) is 0.874. The van der Waals surface area contributed by atoms with E-state index in [1.807, 2.05) is 18.2 Å². The van der Waals surface area contributed by atoms with Crippen LogP contribution in [0.3, 0.4) is 0 Å². The van der Waals surface area contributed by atoms with Crippen LogP contribution in [-0.2, 0) is 6.42 Å². The van der Waals surface area contributed by atoms with Gasteiger partial charge in [0.25, 0.3) is 5.91 Å². The molecule has 0 aliphatic heterocycles. The minimum absolute atomic E-state index is 0.139. The van der Waals surface area contributed by atoms with Crippen molar-refractivity contribution in [3.63, 3.8) is 0 Å². The number of rotatable bonds is 5. The molecule has 106 valence electrons. The second kappa shape index (κ2) is 6.23. The van der Waals surface area contributed by atoms with Gasteiger partial charge >= 0.3 is 0 Å². The van der Waals surface area contributed by atoms with Crippen molar-refractivity contribution in [2.45, 2.75) is 19.8 Å². The fraction of sp³-hybridized carbons (Fsp3) is 0.333. The normalized spacial score (nSPS) is 10.5. The van der Waals surface area contributed by atoms with E-state index in [9.17, 15) is 4.79 Å². The first kappa shape index (κ1) is 14.1. The van der Waals surface area contributed by atoms with E-state index in [0.717, 1.165) is 18.5 Å². The van der Waals surface area contributed by atoms with Gasteiger partial charge in [0.15, 0.2) is 5.69 Å². The second-order valence-electron chi connectivity index (χ2n) is 4.93. The van der Waals surface area contributed by atoms with Crippen molar-refractivity contribution in [3.8, 4) is 0 Å². The number of aryl methyl sites for hydroxylation is 2. The van der Waals surface area contributed by atoms with Crippen molar-refractivity contribution >= 4 is 11.6 Å². The van der Waals surface area contributed by atoms with Gasteiger partial charge in [0, 0.05) is 13.6 Å². The largest absolute Gasteiger partial charge is 0.395 e. The molecule has 0 radical (unpaired) electrons. The predicted molar refractivity (Wildman–Crippen MR) is 79.5 cm³/mol. The lowest BCUT2D eigenvalue weighted by Crippen LogP contribution is -2.29. The number of hydrogen-bond acceptors (Lipinski definition) is 3. The molecule has 0 unspecified atom stereocenters. The average Bonchev–Trinajstić information content (AvgIpc) is 2.79. The molecule has 5 heteroatoms. The number of nitrogen functional groups attached to an aromatic ring is 1. The third kappa shape index (κ3) is 3.17. The zero-order chi connectivity index (χ0) is 14.5. The minimum Gasteiger partial charge on any atom is -0.395 e. The number of nitrogens with zero attached hydrogens (tertiary/aromatic N) is 2. The van der Waals surface area contributed by atoms with Gasteiger partial charge in [-0.2, -0.15) is 5.10 Å². The van der Waals surface area contributed by atoms with Crippen LogP contribution < -0.4 is 5.73 Å². The van der Waals surface area contributed by atoms with E-state index in [2.05, 4.69) is 22.3 Å². The molecular formula is C15H20N4O. The van der Waals surface area contributed by atoms with Crippen LogP contribution in [0.2, 0.25) is 0 Å². The summed E-state index contributed by atoms with van der Waals surface area (Å²) in [6.45, 7) is 2.48. The summed E-state index contributed by atoms with van der Waals surface area (Å²) < 4.78 is 0. The Kier molecular flexibility index (Phi) is 4.40. The van der Waals surface area contributed by atoms with Crippen LogP contribution in [-0.4, -0.2) is 34.6 Å². The van der Waals surface area contributed by atoms with Gasteiger partial charge in [-0.05, 0) is 25.3 Å². The van der Waals surface area contributed by atoms with Crippen molar-refractivity contribution in [1.82, 2.24) is 15.1 Å². The number of nitrogens with two attached hydrogens (primary N) is 1. The second-order valence-corrected chi connectivity index (χ2v) is 4.93. The number of H-pyrrole nitrogens is 1. The molecule has 1 aromatic carbocycles. The molecule has 0 spiro atoms. The molecule has 0 saturated carbocycles. The van der Waals surface area contributed by atoms with Crippen molar-refractivity contribution in [2.24, 2.45) is 0 Å². The molecule has 2 rings (SSSR count). The monoisotopic (exact) mass is 272 g/mol. The maximum Gasteiger partial charge on any atom is 0.276 e. The van der Waals surface area contributed by atoms with E-state index in [0.29, 0.717) is 17.9 Å². The molecule has 0 fully saturated rings. The number of nitrogens with one attached hydrogen (secondary N) is 1. The first-order valence-corrected chi connectivity index (χ1v) is 6.69. The Morgan fingerprint density at radius 3 is 2.65 bits per heavy atom. The summed E-state index contributed by atoms with van der Waals surface area (Å²) in [4.78, 5) is 13.8. The summed E-state index contributed by atoms with van der Waals surface area (Å²) in [6, 6.07) is 10.2. The van der Waals surface area contributed by atoms with Crippen LogP contribution in [0.5, 0.6) is 0 Å². The zero-order valence-electron chi connectivity index (χ0n) is 11.9. The van der Waals surface area contributed by atoms with Crippen molar-refractivity contribution in [3.05, 3.63) is 47.3 Å². The standard InChI is InChI=1S/C15H20N4O/c1-11-13(16)14(18-17-11)15(20)19(2)10-6-9-12-7-4-3-5-8-12/h3-5,7-8H,6,9-10,16H2,1-2H3,(H,17,18). The van der Waals surface area contributed by atoms with Gasteiger partial charge in [0.2, 0.25) is 0 Å². The van der Waals surface area contributed by atoms with Gasteiger partial charge in [-0.15, -0.1) is 0 Å². The molecule has 0 aliphatic rings. The van der Waals surface area contributed by atoms with Crippen molar-refractivity contribution in [2.75, 3.05) is 19.3 Å². The third-order valence-corrected chi connectivity index (χ3v) is 3.35. The van der Waals surface area contributed by atoms with Crippen LogP contribution >= 0.6 is 0 Å². The molecular weight excluding hydrogens is 252 g/mol. The van der Waals surface area contributed by atoms with Crippen LogP contribution in [0.1, 0.15) is 28.2 Å². The maximum absolute atomic E-state index is 12.2. The van der Waals surface area contributed by atoms with E-state index < -0.39 is 0 Å². The Hall–Kier alpha value is -2.30. The number of carbonyl (C=O) groups is 1. The van der Waals surface area contributed by atoms with E-state index in [4.69, 9.17) is 5.73 Å². The Morgan fingerprint density at radius 1 is 1.35 bits per heavy atom. The molecule has 0 saturated heterocycles. The predicted octanol–water partition coefficient (Wildman–Crippen LogP) is 2.01. The van der Waals surface area contributed by atoms with E-state index in [1.165, 1.54) is 5.56 Å². The molecule has 1 heterocycles. The van der Waals surface area contributed by atoms with Gasteiger partial charge in [-0.3, -0.25) is 9.89 Å². The lowest BCUT2D eigenvalue weighted by Gasteiger charge is -2.16. The van der Waals surface area contributed by atoms with Crippen LogP contribution in [0.15, 0.2) is 30.3 Å². The van der Waals surface area contributed by atoms with E-state index in [1.54, 1.807) is 18.9 Å². The Labute approximate surface area is 118 Å². The molecule has 3 N–H and O–H groups in total. The van der Waals surface area contributed by atoms with Crippen molar-refractivity contribution < 1.29 is 4.79 Å². The highest BCUT2D eigenvalue weighted by Gasteiger charge is 2.18. The smallest absolute Gasteiger partial charge is 0.276 e. The van der Waals surface area contributed by atoms with Gasteiger partial charge < -0.3 is 10.6 Å². The summed E-state index contributed by atoms with van der Waals surface area (Å²) >= 11 is 0.